The number of carboxylic acid groups (broad SMARTS) is 1. The lowest BCUT2D eigenvalue weighted by atomic mass is 10.00. The molecule has 132 valence electrons. The molecule has 1 saturated heterocycles. The van der Waals surface area contributed by atoms with Crippen molar-refractivity contribution in [2.75, 3.05) is 13.1 Å². The van der Waals surface area contributed by atoms with E-state index in [1.54, 1.807) is 24.5 Å². The highest BCUT2D eigenvalue weighted by Gasteiger charge is 2.32. The van der Waals surface area contributed by atoms with Gasteiger partial charge in [-0.25, -0.2) is 4.79 Å². The number of rotatable bonds is 4. The van der Waals surface area contributed by atoms with Gasteiger partial charge >= 0.3 is 12.1 Å². The number of hydrogen-bond acceptors (Lipinski definition) is 5. The van der Waals surface area contributed by atoms with E-state index in [0.717, 1.165) is 12.8 Å². The van der Waals surface area contributed by atoms with Crippen LogP contribution in [0.2, 0.25) is 0 Å². The molecule has 2 N–H and O–H groups in total. The van der Waals surface area contributed by atoms with Crippen LogP contribution in [-0.4, -0.2) is 51.8 Å². The second kappa shape index (κ2) is 7.61. The van der Waals surface area contributed by atoms with Crippen LogP contribution < -0.4 is 5.32 Å². The quantitative estimate of drug-likeness (QED) is 0.876. The number of likely N-dealkylation sites (tertiary alicyclic amines) is 1. The van der Waals surface area contributed by atoms with Gasteiger partial charge in [-0.2, -0.15) is 0 Å². The minimum Gasteiger partial charge on any atom is -0.480 e. The van der Waals surface area contributed by atoms with Crippen molar-refractivity contribution >= 4 is 12.1 Å². The molecule has 0 radical (unpaired) electrons. The number of carbonyl (C=O) groups is 2. The average Bonchev–Trinajstić information content (AvgIpc) is 2.46. The normalized spacial score (nSPS) is 20.2. The molecule has 7 nitrogen and oxygen atoms in total. The molecule has 1 aromatic heterocycles. The summed E-state index contributed by atoms with van der Waals surface area (Å²) in [5.74, 6) is -0.904. The molecule has 7 heteroatoms. The molecule has 0 aromatic carbocycles. The number of alkyl carbamates (subject to hydrolysis) is 1. The number of pyridine rings is 1. The number of carbonyl (C=O) groups excluding carboxylic acids is 1. The molecule has 1 aliphatic rings. The van der Waals surface area contributed by atoms with Crippen LogP contribution in [0.4, 0.5) is 4.79 Å². The number of carboxylic acids is 1. The van der Waals surface area contributed by atoms with E-state index < -0.39 is 23.7 Å². The Morgan fingerprint density at radius 1 is 1.38 bits per heavy atom. The summed E-state index contributed by atoms with van der Waals surface area (Å²) in [7, 11) is 0. The Bertz CT molecular complexity index is 571. The molecular formula is C17H25N3O4. The van der Waals surface area contributed by atoms with Crippen molar-refractivity contribution in [1.82, 2.24) is 15.2 Å². The van der Waals surface area contributed by atoms with E-state index >= 15 is 0 Å². The van der Waals surface area contributed by atoms with E-state index in [2.05, 4.69) is 10.3 Å². The minimum absolute atomic E-state index is 0.128. The SMILES string of the molecule is CC(C)(C)OC(=O)N[C@@H]1CCCN([C@H](C(=O)O)c2ccncc2)C1. The predicted molar refractivity (Wildman–Crippen MR) is 88.6 cm³/mol. The molecule has 2 atom stereocenters. The number of aliphatic carboxylic acids is 1. The summed E-state index contributed by atoms with van der Waals surface area (Å²) in [6, 6.07) is 2.56. The molecule has 1 fully saturated rings. The second-order valence-electron chi connectivity index (χ2n) is 7.00. The van der Waals surface area contributed by atoms with Crippen molar-refractivity contribution < 1.29 is 19.4 Å². The number of hydrogen-bond donors (Lipinski definition) is 2. The van der Waals surface area contributed by atoms with E-state index in [0.29, 0.717) is 18.7 Å². The van der Waals surface area contributed by atoms with Gasteiger partial charge in [-0.15, -0.1) is 0 Å². The van der Waals surface area contributed by atoms with Crippen LogP contribution in [0.25, 0.3) is 0 Å². The van der Waals surface area contributed by atoms with Crippen molar-refractivity contribution in [1.29, 1.82) is 0 Å². The molecular weight excluding hydrogens is 310 g/mol. The Morgan fingerprint density at radius 3 is 2.62 bits per heavy atom. The molecule has 0 unspecified atom stereocenters. The van der Waals surface area contributed by atoms with Crippen LogP contribution in [-0.2, 0) is 9.53 Å². The first-order chi connectivity index (χ1) is 11.3. The van der Waals surface area contributed by atoms with Gasteiger partial charge in [-0.1, -0.05) is 0 Å². The number of aromatic nitrogens is 1. The zero-order chi connectivity index (χ0) is 17.7. The first kappa shape index (κ1) is 18.2. The zero-order valence-corrected chi connectivity index (χ0v) is 14.4. The third kappa shape index (κ3) is 5.19. The van der Waals surface area contributed by atoms with Gasteiger partial charge < -0.3 is 15.2 Å². The van der Waals surface area contributed by atoms with Crippen LogP contribution in [0.5, 0.6) is 0 Å². The number of amides is 1. The van der Waals surface area contributed by atoms with Crippen LogP contribution in [0.15, 0.2) is 24.5 Å². The molecule has 0 bridgehead atoms. The second-order valence-corrected chi connectivity index (χ2v) is 7.00. The van der Waals surface area contributed by atoms with Gasteiger partial charge in [0.25, 0.3) is 0 Å². The third-order valence-corrected chi connectivity index (χ3v) is 3.79. The molecule has 24 heavy (non-hydrogen) atoms. The van der Waals surface area contributed by atoms with Gasteiger partial charge in [-0.05, 0) is 57.9 Å². The molecule has 2 heterocycles. The van der Waals surface area contributed by atoms with Crippen molar-refractivity contribution in [3.05, 3.63) is 30.1 Å². The fraction of sp³-hybridized carbons (Fsp3) is 0.588. The zero-order valence-electron chi connectivity index (χ0n) is 14.4. The molecule has 0 saturated carbocycles. The lowest BCUT2D eigenvalue weighted by Crippen LogP contribution is -2.50. The Balaban J connectivity index is 2.03. The maximum atomic E-state index is 11.9. The summed E-state index contributed by atoms with van der Waals surface area (Å²) in [6.45, 7) is 6.57. The van der Waals surface area contributed by atoms with E-state index in [4.69, 9.17) is 4.74 Å². The monoisotopic (exact) mass is 335 g/mol. The van der Waals surface area contributed by atoms with E-state index in [-0.39, 0.29) is 6.04 Å². The molecule has 1 aliphatic heterocycles. The fourth-order valence-corrected chi connectivity index (χ4v) is 2.89. The Labute approximate surface area is 142 Å². The minimum atomic E-state index is -0.904. The maximum Gasteiger partial charge on any atom is 0.407 e. The first-order valence-electron chi connectivity index (χ1n) is 8.12. The number of nitrogens with one attached hydrogen (secondary N) is 1. The smallest absolute Gasteiger partial charge is 0.407 e. The van der Waals surface area contributed by atoms with Crippen molar-refractivity contribution in [3.63, 3.8) is 0 Å². The molecule has 2 rings (SSSR count). The lowest BCUT2D eigenvalue weighted by molar-refractivity contribution is -0.144. The van der Waals surface area contributed by atoms with Crippen molar-refractivity contribution in [2.45, 2.75) is 51.3 Å². The Morgan fingerprint density at radius 2 is 2.04 bits per heavy atom. The summed E-state index contributed by atoms with van der Waals surface area (Å²) in [5.41, 5.74) is 0.134. The largest absolute Gasteiger partial charge is 0.480 e. The highest BCUT2D eigenvalue weighted by Crippen LogP contribution is 2.25. The van der Waals surface area contributed by atoms with Crippen LogP contribution in [0.3, 0.4) is 0 Å². The van der Waals surface area contributed by atoms with Gasteiger partial charge in [0, 0.05) is 25.0 Å². The number of ether oxygens (including phenoxy) is 1. The summed E-state index contributed by atoms with van der Waals surface area (Å²) in [6.07, 6.45) is 4.33. The van der Waals surface area contributed by atoms with Crippen LogP contribution in [0, 0.1) is 0 Å². The standard InChI is InChI=1S/C17H25N3O4/c1-17(2,3)24-16(23)19-13-5-4-10-20(11-13)14(15(21)22)12-6-8-18-9-7-12/h6-9,13-14H,4-5,10-11H2,1-3H3,(H,19,23)(H,21,22)/t13-,14+/m1/s1. The first-order valence-corrected chi connectivity index (χ1v) is 8.12. The van der Waals surface area contributed by atoms with Crippen molar-refractivity contribution in [3.8, 4) is 0 Å². The summed E-state index contributed by atoms with van der Waals surface area (Å²) >= 11 is 0. The molecule has 1 aromatic rings. The number of nitrogens with zero attached hydrogens (tertiary/aromatic N) is 2. The average molecular weight is 335 g/mol. The predicted octanol–water partition coefficient (Wildman–Crippen LogP) is 2.20. The fourth-order valence-electron chi connectivity index (χ4n) is 2.89. The Kier molecular flexibility index (Phi) is 5.77. The van der Waals surface area contributed by atoms with Crippen molar-refractivity contribution in [2.24, 2.45) is 0 Å². The van der Waals surface area contributed by atoms with E-state index in [1.165, 1.54) is 0 Å². The van der Waals surface area contributed by atoms with E-state index in [9.17, 15) is 14.7 Å². The van der Waals surface area contributed by atoms with Gasteiger partial charge in [0.2, 0.25) is 0 Å². The van der Waals surface area contributed by atoms with E-state index in [1.807, 2.05) is 25.7 Å². The summed E-state index contributed by atoms with van der Waals surface area (Å²) in [4.78, 5) is 29.5. The van der Waals surface area contributed by atoms with Gasteiger partial charge in [-0.3, -0.25) is 14.7 Å². The van der Waals surface area contributed by atoms with Gasteiger partial charge in [0.05, 0.1) is 0 Å². The maximum absolute atomic E-state index is 11.9. The highest BCUT2D eigenvalue weighted by atomic mass is 16.6. The highest BCUT2D eigenvalue weighted by molar-refractivity contribution is 5.75. The molecule has 0 aliphatic carbocycles. The summed E-state index contributed by atoms with van der Waals surface area (Å²) in [5, 5.41) is 12.5. The Hall–Kier alpha value is -2.15. The molecule has 1 amide bonds. The van der Waals surface area contributed by atoms with Crippen LogP contribution in [0.1, 0.15) is 45.2 Å². The van der Waals surface area contributed by atoms with Gasteiger partial charge in [0.15, 0.2) is 0 Å². The third-order valence-electron chi connectivity index (χ3n) is 3.79. The lowest BCUT2D eigenvalue weighted by Gasteiger charge is -2.37. The number of piperidine rings is 1. The van der Waals surface area contributed by atoms with Gasteiger partial charge in [0.1, 0.15) is 11.6 Å². The topological polar surface area (TPSA) is 91.8 Å². The van der Waals surface area contributed by atoms with Crippen LogP contribution >= 0.6 is 0 Å². The molecule has 0 spiro atoms. The summed E-state index contributed by atoms with van der Waals surface area (Å²) < 4.78 is 5.28.